The van der Waals surface area contributed by atoms with E-state index in [0.717, 1.165) is 12.5 Å². The largest absolute Gasteiger partial charge is 0.418 e. The first-order chi connectivity index (χ1) is 9.65. The molecule has 1 aromatic rings. The van der Waals surface area contributed by atoms with Crippen LogP contribution in [0.1, 0.15) is 36.2 Å². The molecule has 3 nitrogen and oxygen atoms in total. The quantitative estimate of drug-likeness (QED) is 0.893. The lowest BCUT2D eigenvalue weighted by Gasteiger charge is -2.14. The standard InChI is InChI=1S/C15H19F3N2O/c1-14(2)7-10(14)8-20-13(21)9-4-5-12(19-3)11(6-9)15(16,17)18/h4-6,10,19H,7-8H2,1-3H3,(H,20,21). The van der Waals surface area contributed by atoms with E-state index in [0.29, 0.717) is 12.5 Å². The number of rotatable bonds is 4. The minimum atomic E-state index is -4.49. The highest BCUT2D eigenvalue weighted by molar-refractivity contribution is 5.95. The van der Waals surface area contributed by atoms with Gasteiger partial charge in [-0.25, -0.2) is 0 Å². The van der Waals surface area contributed by atoms with Crippen molar-refractivity contribution >= 4 is 11.6 Å². The lowest BCUT2D eigenvalue weighted by Crippen LogP contribution is -2.27. The van der Waals surface area contributed by atoms with Crippen LogP contribution >= 0.6 is 0 Å². The first-order valence-electron chi connectivity index (χ1n) is 6.82. The normalized spacial score (nSPS) is 20.0. The van der Waals surface area contributed by atoms with Gasteiger partial charge in [-0.3, -0.25) is 4.79 Å². The molecule has 0 aliphatic heterocycles. The van der Waals surface area contributed by atoms with Crippen LogP contribution in [0.3, 0.4) is 0 Å². The van der Waals surface area contributed by atoms with Crippen LogP contribution < -0.4 is 10.6 Å². The number of anilines is 1. The fourth-order valence-corrected chi connectivity index (χ4v) is 2.38. The molecule has 1 amide bonds. The van der Waals surface area contributed by atoms with Crippen LogP contribution in [0.15, 0.2) is 18.2 Å². The van der Waals surface area contributed by atoms with E-state index in [1.165, 1.54) is 19.2 Å². The van der Waals surface area contributed by atoms with E-state index in [1.54, 1.807) is 0 Å². The first kappa shape index (κ1) is 15.7. The maximum absolute atomic E-state index is 12.9. The average molecular weight is 300 g/mol. The van der Waals surface area contributed by atoms with Crippen LogP contribution in [0.5, 0.6) is 0 Å². The molecule has 1 aliphatic rings. The fourth-order valence-electron chi connectivity index (χ4n) is 2.38. The topological polar surface area (TPSA) is 41.1 Å². The van der Waals surface area contributed by atoms with Crippen molar-refractivity contribution in [2.75, 3.05) is 18.9 Å². The Morgan fingerprint density at radius 3 is 2.48 bits per heavy atom. The van der Waals surface area contributed by atoms with Gasteiger partial charge in [0.1, 0.15) is 0 Å². The maximum atomic E-state index is 12.9. The minimum absolute atomic E-state index is 0.0276. The average Bonchev–Trinajstić information content (AvgIpc) is 3.01. The number of hydrogen-bond acceptors (Lipinski definition) is 2. The third-order valence-corrected chi connectivity index (χ3v) is 4.08. The van der Waals surface area contributed by atoms with Crippen LogP contribution in [-0.2, 0) is 6.18 Å². The molecule has 116 valence electrons. The van der Waals surface area contributed by atoms with Crippen LogP contribution in [-0.4, -0.2) is 19.5 Å². The zero-order chi connectivity index (χ0) is 15.8. The number of hydrogen-bond donors (Lipinski definition) is 2. The molecule has 0 saturated heterocycles. The molecule has 0 heterocycles. The molecule has 1 aromatic carbocycles. The molecule has 1 aliphatic carbocycles. The Bertz CT molecular complexity index is 552. The summed E-state index contributed by atoms with van der Waals surface area (Å²) in [5.74, 6) is -0.0639. The molecule has 6 heteroatoms. The van der Waals surface area contributed by atoms with Gasteiger partial charge in [0.15, 0.2) is 0 Å². The second kappa shape index (κ2) is 5.24. The number of benzene rings is 1. The monoisotopic (exact) mass is 300 g/mol. The summed E-state index contributed by atoms with van der Waals surface area (Å²) in [5.41, 5.74) is -0.619. The van der Waals surface area contributed by atoms with Crippen molar-refractivity contribution < 1.29 is 18.0 Å². The molecule has 2 rings (SSSR count). The second-order valence-electron chi connectivity index (χ2n) is 6.11. The van der Waals surface area contributed by atoms with E-state index in [4.69, 9.17) is 0 Å². The summed E-state index contributed by atoms with van der Waals surface area (Å²) in [6, 6.07) is 3.56. The molecule has 2 N–H and O–H groups in total. The van der Waals surface area contributed by atoms with Crippen LogP contribution in [0, 0.1) is 11.3 Å². The summed E-state index contributed by atoms with van der Waals surface area (Å²) in [4.78, 5) is 12.0. The predicted octanol–water partition coefficient (Wildman–Crippen LogP) is 3.52. The van der Waals surface area contributed by atoms with E-state index in [2.05, 4.69) is 24.5 Å². The van der Waals surface area contributed by atoms with Gasteiger partial charge in [-0.15, -0.1) is 0 Å². The van der Waals surface area contributed by atoms with Gasteiger partial charge < -0.3 is 10.6 Å². The van der Waals surface area contributed by atoms with Gasteiger partial charge in [-0.2, -0.15) is 13.2 Å². The van der Waals surface area contributed by atoms with Gasteiger partial charge in [-0.05, 0) is 36.0 Å². The Kier molecular flexibility index (Phi) is 3.91. The van der Waals surface area contributed by atoms with Gasteiger partial charge in [0.25, 0.3) is 5.91 Å². The fraction of sp³-hybridized carbons (Fsp3) is 0.533. The summed E-state index contributed by atoms with van der Waals surface area (Å²) < 4.78 is 38.8. The molecular weight excluding hydrogens is 281 g/mol. The Balaban J connectivity index is 2.11. The molecule has 0 spiro atoms. The van der Waals surface area contributed by atoms with Crippen LogP contribution in [0.25, 0.3) is 0 Å². The van der Waals surface area contributed by atoms with Gasteiger partial charge >= 0.3 is 6.18 Å². The van der Waals surface area contributed by atoms with Gasteiger partial charge in [0.05, 0.1) is 5.56 Å². The molecule has 1 atom stereocenters. The maximum Gasteiger partial charge on any atom is 0.418 e. The van der Waals surface area contributed by atoms with Crippen molar-refractivity contribution in [2.24, 2.45) is 11.3 Å². The Morgan fingerprint density at radius 2 is 2.00 bits per heavy atom. The van der Waals surface area contributed by atoms with Crippen molar-refractivity contribution in [3.05, 3.63) is 29.3 Å². The highest BCUT2D eigenvalue weighted by Gasteiger charge is 2.45. The molecule has 21 heavy (non-hydrogen) atoms. The highest BCUT2D eigenvalue weighted by atomic mass is 19.4. The van der Waals surface area contributed by atoms with Gasteiger partial charge in [0.2, 0.25) is 0 Å². The summed E-state index contributed by atoms with van der Waals surface area (Å²) in [7, 11) is 1.42. The van der Waals surface area contributed by atoms with Crippen LogP contribution in [0.4, 0.5) is 18.9 Å². The number of amides is 1. The molecule has 0 bridgehead atoms. The highest BCUT2D eigenvalue weighted by Crippen LogP contribution is 2.51. The van der Waals surface area contributed by atoms with Crippen molar-refractivity contribution in [1.29, 1.82) is 0 Å². The van der Waals surface area contributed by atoms with Crippen LogP contribution in [0.2, 0.25) is 0 Å². The van der Waals surface area contributed by atoms with E-state index >= 15 is 0 Å². The zero-order valence-corrected chi connectivity index (χ0v) is 12.3. The summed E-state index contributed by atoms with van der Waals surface area (Å²) in [5, 5.41) is 5.19. The third-order valence-electron chi connectivity index (χ3n) is 4.08. The second-order valence-corrected chi connectivity index (χ2v) is 6.11. The van der Waals surface area contributed by atoms with Crippen molar-refractivity contribution in [3.8, 4) is 0 Å². The molecule has 0 aromatic heterocycles. The van der Waals surface area contributed by atoms with Crippen molar-refractivity contribution in [3.63, 3.8) is 0 Å². The molecular formula is C15H19F3N2O. The molecule has 1 fully saturated rings. The minimum Gasteiger partial charge on any atom is -0.388 e. The summed E-state index contributed by atoms with van der Waals surface area (Å²) in [6.45, 7) is 4.71. The van der Waals surface area contributed by atoms with Crippen molar-refractivity contribution in [2.45, 2.75) is 26.4 Å². The SMILES string of the molecule is CNc1ccc(C(=O)NCC2CC2(C)C)cc1C(F)(F)F. The summed E-state index contributed by atoms with van der Waals surface area (Å²) in [6.07, 6.45) is -3.47. The van der Waals surface area contributed by atoms with Gasteiger partial charge in [0, 0.05) is 24.8 Å². The van der Waals surface area contributed by atoms with Crippen molar-refractivity contribution in [1.82, 2.24) is 5.32 Å². The first-order valence-corrected chi connectivity index (χ1v) is 6.82. The van der Waals surface area contributed by atoms with Gasteiger partial charge in [-0.1, -0.05) is 13.8 Å². The molecule has 0 radical (unpaired) electrons. The molecule has 1 saturated carbocycles. The number of alkyl halides is 3. The predicted molar refractivity (Wildman–Crippen MR) is 75.2 cm³/mol. The number of carbonyl (C=O) groups is 1. The Morgan fingerprint density at radius 1 is 1.38 bits per heavy atom. The smallest absolute Gasteiger partial charge is 0.388 e. The van der Waals surface area contributed by atoms with E-state index in [9.17, 15) is 18.0 Å². The number of nitrogens with one attached hydrogen (secondary N) is 2. The Hall–Kier alpha value is -1.72. The van der Waals surface area contributed by atoms with E-state index < -0.39 is 17.6 Å². The third kappa shape index (κ3) is 3.49. The van der Waals surface area contributed by atoms with E-state index in [1.807, 2.05) is 0 Å². The lowest BCUT2D eigenvalue weighted by molar-refractivity contribution is -0.136. The lowest BCUT2D eigenvalue weighted by atomic mass is 10.1. The zero-order valence-electron chi connectivity index (χ0n) is 12.3. The number of carbonyl (C=O) groups excluding carboxylic acids is 1. The molecule has 1 unspecified atom stereocenters. The number of halogens is 3. The Labute approximate surface area is 121 Å². The summed E-state index contributed by atoms with van der Waals surface area (Å²) >= 11 is 0. The van der Waals surface area contributed by atoms with E-state index in [-0.39, 0.29) is 16.7 Å².